The number of nitrogens with zero attached hydrogens (tertiary/aromatic N) is 2. The Morgan fingerprint density at radius 1 is 1.59 bits per heavy atom. The SMILES string of the molecule is CN(Cc1csc(C(=O)NN)n1)CC(C)(C)C. The average molecular weight is 256 g/mol. The number of carbonyl (C=O) groups is 1. The van der Waals surface area contributed by atoms with Crippen molar-refractivity contribution in [2.45, 2.75) is 27.3 Å². The number of amides is 1. The van der Waals surface area contributed by atoms with E-state index in [1.165, 1.54) is 11.3 Å². The second-order valence-electron chi connectivity index (χ2n) is 5.35. The summed E-state index contributed by atoms with van der Waals surface area (Å²) in [6.07, 6.45) is 0. The van der Waals surface area contributed by atoms with Crippen LogP contribution in [0.3, 0.4) is 0 Å². The van der Waals surface area contributed by atoms with Gasteiger partial charge in [-0.3, -0.25) is 15.1 Å². The third-order valence-corrected chi connectivity index (χ3v) is 2.94. The quantitative estimate of drug-likeness (QED) is 0.483. The van der Waals surface area contributed by atoms with Crippen LogP contribution in [0.1, 0.15) is 36.3 Å². The predicted molar refractivity (Wildman–Crippen MR) is 69.6 cm³/mol. The molecule has 17 heavy (non-hydrogen) atoms. The van der Waals surface area contributed by atoms with Crippen molar-refractivity contribution in [1.29, 1.82) is 0 Å². The summed E-state index contributed by atoms with van der Waals surface area (Å²) in [5, 5.41) is 2.30. The fraction of sp³-hybridized carbons (Fsp3) is 0.636. The second kappa shape index (κ2) is 5.57. The molecule has 0 aliphatic rings. The molecule has 0 unspecified atom stereocenters. The highest BCUT2D eigenvalue weighted by molar-refractivity contribution is 7.11. The molecule has 1 heterocycles. The van der Waals surface area contributed by atoms with Crippen molar-refractivity contribution < 1.29 is 4.79 Å². The van der Waals surface area contributed by atoms with Gasteiger partial charge in [-0.05, 0) is 12.5 Å². The summed E-state index contributed by atoms with van der Waals surface area (Å²) >= 11 is 1.31. The van der Waals surface area contributed by atoms with E-state index < -0.39 is 0 Å². The fourth-order valence-electron chi connectivity index (χ4n) is 1.69. The smallest absolute Gasteiger partial charge is 0.294 e. The molecule has 0 fully saturated rings. The third-order valence-electron chi connectivity index (χ3n) is 2.05. The molecule has 0 radical (unpaired) electrons. The van der Waals surface area contributed by atoms with E-state index in [1.54, 1.807) is 0 Å². The number of aromatic nitrogens is 1. The minimum absolute atomic E-state index is 0.252. The normalized spacial score (nSPS) is 11.9. The van der Waals surface area contributed by atoms with Crippen LogP contribution in [0.5, 0.6) is 0 Å². The summed E-state index contributed by atoms with van der Waals surface area (Å²) < 4.78 is 0. The van der Waals surface area contributed by atoms with E-state index in [4.69, 9.17) is 5.84 Å². The Balaban J connectivity index is 2.57. The molecule has 0 aliphatic carbocycles. The number of hydrazine groups is 1. The summed E-state index contributed by atoms with van der Waals surface area (Å²) in [4.78, 5) is 17.7. The van der Waals surface area contributed by atoms with Crippen molar-refractivity contribution >= 4 is 17.2 Å². The Hall–Kier alpha value is -0.980. The van der Waals surface area contributed by atoms with E-state index >= 15 is 0 Å². The minimum Gasteiger partial charge on any atom is -0.300 e. The molecule has 0 saturated carbocycles. The van der Waals surface area contributed by atoms with Gasteiger partial charge in [-0.1, -0.05) is 20.8 Å². The zero-order chi connectivity index (χ0) is 13.1. The van der Waals surface area contributed by atoms with Crippen molar-refractivity contribution in [1.82, 2.24) is 15.3 Å². The predicted octanol–water partition coefficient (Wildman–Crippen LogP) is 1.22. The Morgan fingerprint density at radius 2 is 2.24 bits per heavy atom. The van der Waals surface area contributed by atoms with Gasteiger partial charge in [0.15, 0.2) is 5.01 Å². The van der Waals surface area contributed by atoms with Gasteiger partial charge >= 0.3 is 0 Å². The Bertz CT molecular complexity index is 383. The molecule has 3 N–H and O–H groups in total. The van der Waals surface area contributed by atoms with E-state index in [0.717, 1.165) is 18.8 Å². The second-order valence-corrected chi connectivity index (χ2v) is 6.21. The Kier molecular flexibility index (Phi) is 4.62. The fourth-order valence-corrected chi connectivity index (χ4v) is 2.40. The standard InChI is InChI=1S/C11H20N4OS/c1-11(2,3)7-15(4)5-8-6-17-10(13-8)9(16)14-12/h6H,5,7,12H2,1-4H3,(H,14,16). The highest BCUT2D eigenvalue weighted by Gasteiger charge is 2.15. The number of nitrogen functional groups attached to an aromatic ring is 1. The Morgan fingerprint density at radius 3 is 2.76 bits per heavy atom. The first-order valence-corrected chi connectivity index (χ1v) is 6.33. The summed E-state index contributed by atoms with van der Waals surface area (Å²) in [6, 6.07) is 0. The van der Waals surface area contributed by atoms with Gasteiger partial charge < -0.3 is 0 Å². The molecule has 0 atom stereocenters. The maximum atomic E-state index is 11.2. The maximum Gasteiger partial charge on any atom is 0.294 e. The van der Waals surface area contributed by atoms with E-state index in [-0.39, 0.29) is 11.3 Å². The van der Waals surface area contributed by atoms with Gasteiger partial charge in [0.2, 0.25) is 0 Å². The van der Waals surface area contributed by atoms with Crippen LogP contribution in [0.2, 0.25) is 0 Å². The van der Waals surface area contributed by atoms with E-state index in [2.05, 4.69) is 36.1 Å². The van der Waals surface area contributed by atoms with Crippen LogP contribution in [0, 0.1) is 5.41 Å². The molecule has 96 valence electrons. The minimum atomic E-state index is -0.334. The number of rotatable bonds is 4. The molecule has 0 aliphatic heterocycles. The Labute approximate surface area is 106 Å². The molecule has 0 aromatic carbocycles. The first-order valence-electron chi connectivity index (χ1n) is 5.46. The van der Waals surface area contributed by atoms with Crippen molar-refractivity contribution in [2.75, 3.05) is 13.6 Å². The van der Waals surface area contributed by atoms with Gasteiger partial charge in [0, 0.05) is 18.5 Å². The van der Waals surface area contributed by atoms with Crippen LogP contribution in [0.15, 0.2) is 5.38 Å². The zero-order valence-corrected chi connectivity index (χ0v) is 11.6. The number of hydrogen-bond acceptors (Lipinski definition) is 5. The van der Waals surface area contributed by atoms with E-state index in [9.17, 15) is 4.79 Å². The summed E-state index contributed by atoms with van der Waals surface area (Å²) in [6.45, 7) is 8.29. The molecule has 0 bridgehead atoms. The van der Waals surface area contributed by atoms with Crippen molar-refractivity contribution in [2.24, 2.45) is 11.3 Å². The van der Waals surface area contributed by atoms with Crippen molar-refractivity contribution in [3.8, 4) is 0 Å². The molecule has 0 saturated heterocycles. The number of nitrogens with one attached hydrogen (secondary N) is 1. The average Bonchev–Trinajstić information content (AvgIpc) is 2.62. The molecular weight excluding hydrogens is 236 g/mol. The van der Waals surface area contributed by atoms with Crippen molar-refractivity contribution in [3.05, 3.63) is 16.1 Å². The van der Waals surface area contributed by atoms with E-state index in [1.807, 2.05) is 12.4 Å². The molecular formula is C11H20N4OS. The molecule has 0 spiro atoms. The number of hydrogen-bond donors (Lipinski definition) is 2. The lowest BCUT2D eigenvalue weighted by atomic mass is 9.96. The lowest BCUT2D eigenvalue weighted by Gasteiger charge is -2.25. The monoisotopic (exact) mass is 256 g/mol. The number of carbonyl (C=O) groups excluding carboxylic acids is 1. The van der Waals surface area contributed by atoms with Crippen LogP contribution in [-0.4, -0.2) is 29.4 Å². The lowest BCUT2D eigenvalue weighted by Crippen LogP contribution is -2.30. The molecule has 5 nitrogen and oxygen atoms in total. The molecule has 1 aromatic rings. The zero-order valence-electron chi connectivity index (χ0n) is 10.8. The van der Waals surface area contributed by atoms with Gasteiger partial charge in [-0.25, -0.2) is 10.8 Å². The van der Waals surface area contributed by atoms with Crippen LogP contribution in [0.4, 0.5) is 0 Å². The van der Waals surface area contributed by atoms with E-state index in [0.29, 0.717) is 5.01 Å². The first kappa shape index (κ1) is 14.1. The lowest BCUT2D eigenvalue weighted by molar-refractivity contribution is 0.0953. The van der Waals surface area contributed by atoms with Crippen LogP contribution < -0.4 is 11.3 Å². The van der Waals surface area contributed by atoms with Gasteiger partial charge in [-0.15, -0.1) is 11.3 Å². The largest absolute Gasteiger partial charge is 0.300 e. The summed E-state index contributed by atoms with van der Waals surface area (Å²) in [7, 11) is 2.05. The number of thiazole rings is 1. The molecule has 1 amide bonds. The maximum absolute atomic E-state index is 11.2. The highest BCUT2D eigenvalue weighted by Crippen LogP contribution is 2.17. The summed E-state index contributed by atoms with van der Waals surface area (Å²) in [5.74, 6) is 4.72. The number of nitrogens with two attached hydrogens (primary N) is 1. The summed E-state index contributed by atoms with van der Waals surface area (Å²) in [5.41, 5.74) is 3.24. The van der Waals surface area contributed by atoms with Crippen LogP contribution in [-0.2, 0) is 6.54 Å². The topological polar surface area (TPSA) is 71.2 Å². The van der Waals surface area contributed by atoms with Crippen LogP contribution in [0.25, 0.3) is 0 Å². The molecule has 1 aromatic heterocycles. The third kappa shape index (κ3) is 4.80. The molecule has 1 rings (SSSR count). The van der Waals surface area contributed by atoms with Gasteiger partial charge in [0.1, 0.15) is 0 Å². The van der Waals surface area contributed by atoms with Gasteiger partial charge in [-0.2, -0.15) is 0 Å². The first-order chi connectivity index (χ1) is 7.81. The van der Waals surface area contributed by atoms with Gasteiger partial charge in [0.05, 0.1) is 5.69 Å². The van der Waals surface area contributed by atoms with Gasteiger partial charge in [0.25, 0.3) is 5.91 Å². The molecule has 6 heteroatoms. The van der Waals surface area contributed by atoms with Crippen LogP contribution >= 0.6 is 11.3 Å². The van der Waals surface area contributed by atoms with Crippen molar-refractivity contribution in [3.63, 3.8) is 0 Å². The highest BCUT2D eigenvalue weighted by atomic mass is 32.1.